The molecule has 28 heavy (non-hydrogen) atoms. The molecule has 1 atom stereocenters. The topological polar surface area (TPSA) is 91.0 Å². The molecule has 0 radical (unpaired) electrons. The summed E-state index contributed by atoms with van der Waals surface area (Å²) < 4.78 is 5.18. The molecule has 0 aliphatic carbocycles. The van der Waals surface area contributed by atoms with Gasteiger partial charge in [-0.25, -0.2) is 4.79 Å². The molecule has 0 spiro atoms. The van der Waals surface area contributed by atoms with E-state index in [9.17, 15) is 14.4 Å². The Bertz CT molecular complexity index is 713. The maximum absolute atomic E-state index is 12.6. The van der Waals surface area contributed by atoms with Crippen molar-refractivity contribution in [3.05, 3.63) is 29.8 Å². The van der Waals surface area contributed by atoms with Crippen molar-refractivity contribution < 1.29 is 19.1 Å². The molecule has 1 aromatic rings. The Morgan fingerprint density at radius 1 is 1.21 bits per heavy atom. The molecule has 1 fully saturated rings. The van der Waals surface area contributed by atoms with Crippen LogP contribution in [-0.4, -0.2) is 67.5 Å². The van der Waals surface area contributed by atoms with E-state index in [0.717, 1.165) is 16.2 Å². The number of rotatable bonds is 9. The fourth-order valence-corrected chi connectivity index (χ4v) is 3.38. The third-order valence-electron chi connectivity index (χ3n) is 5.37. The molecular weight excluding hydrogens is 360 g/mol. The molecule has 2 N–H and O–H groups in total. The number of nitrogens with one attached hydrogen (secondary N) is 2. The van der Waals surface area contributed by atoms with E-state index >= 15 is 0 Å². The van der Waals surface area contributed by atoms with Crippen LogP contribution in [0.2, 0.25) is 0 Å². The number of amides is 4. The molecule has 2 rings (SSSR count). The van der Waals surface area contributed by atoms with Crippen LogP contribution < -0.4 is 15.4 Å². The second-order valence-corrected chi connectivity index (χ2v) is 7.17. The third-order valence-corrected chi connectivity index (χ3v) is 5.37. The average molecular weight is 390 g/mol. The first-order valence-corrected chi connectivity index (χ1v) is 9.49. The SMILES string of the molecule is CCC1(CC)NC(=O)N(CC(=O)NCC(c2ccc(OC)cc2)N(C)C)C1=O. The fraction of sp³-hybridized carbons (Fsp3) is 0.550. The van der Waals surface area contributed by atoms with Gasteiger partial charge in [0.15, 0.2) is 0 Å². The Hall–Kier alpha value is -2.61. The summed E-state index contributed by atoms with van der Waals surface area (Å²) in [5.41, 5.74) is 0.129. The highest BCUT2D eigenvalue weighted by molar-refractivity contribution is 6.08. The summed E-state index contributed by atoms with van der Waals surface area (Å²) >= 11 is 0. The monoisotopic (exact) mass is 390 g/mol. The average Bonchev–Trinajstić information content (AvgIpc) is 2.93. The second-order valence-electron chi connectivity index (χ2n) is 7.17. The van der Waals surface area contributed by atoms with Crippen LogP contribution in [0, 0.1) is 0 Å². The summed E-state index contributed by atoms with van der Waals surface area (Å²) in [6, 6.07) is 7.08. The van der Waals surface area contributed by atoms with E-state index < -0.39 is 11.6 Å². The zero-order chi connectivity index (χ0) is 20.9. The maximum Gasteiger partial charge on any atom is 0.325 e. The van der Waals surface area contributed by atoms with Crippen LogP contribution >= 0.6 is 0 Å². The highest BCUT2D eigenvalue weighted by atomic mass is 16.5. The van der Waals surface area contributed by atoms with Gasteiger partial charge < -0.3 is 20.3 Å². The van der Waals surface area contributed by atoms with E-state index in [1.165, 1.54) is 0 Å². The van der Waals surface area contributed by atoms with Crippen molar-refractivity contribution in [1.29, 1.82) is 0 Å². The highest BCUT2D eigenvalue weighted by Crippen LogP contribution is 2.25. The van der Waals surface area contributed by atoms with E-state index in [4.69, 9.17) is 4.74 Å². The van der Waals surface area contributed by atoms with Gasteiger partial charge in [-0.05, 0) is 44.6 Å². The van der Waals surface area contributed by atoms with Crippen molar-refractivity contribution in [2.24, 2.45) is 0 Å². The van der Waals surface area contributed by atoms with E-state index in [1.54, 1.807) is 7.11 Å². The lowest BCUT2D eigenvalue weighted by Gasteiger charge is -2.26. The van der Waals surface area contributed by atoms with Crippen LogP contribution in [0.3, 0.4) is 0 Å². The number of urea groups is 1. The van der Waals surface area contributed by atoms with Gasteiger partial charge in [-0.2, -0.15) is 0 Å². The summed E-state index contributed by atoms with van der Waals surface area (Å²) in [5.74, 6) is 0.0583. The van der Waals surface area contributed by atoms with Crippen molar-refractivity contribution in [3.63, 3.8) is 0 Å². The van der Waals surface area contributed by atoms with Gasteiger partial charge in [-0.1, -0.05) is 26.0 Å². The summed E-state index contributed by atoms with van der Waals surface area (Å²) in [6.45, 7) is 3.77. The number of imide groups is 1. The van der Waals surface area contributed by atoms with Crippen molar-refractivity contribution in [1.82, 2.24) is 20.4 Å². The molecule has 0 aromatic heterocycles. The van der Waals surface area contributed by atoms with Gasteiger partial charge in [0.25, 0.3) is 5.91 Å². The van der Waals surface area contributed by atoms with Crippen LogP contribution in [0.25, 0.3) is 0 Å². The zero-order valence-electron chi connectivity index (χ0n) is 17.2. The molecular formula is C20H30N4O4. The van der Waals surface area contributed by atoms with E-state index in [1.807, 2.05) is 57.1 Å². The normalized spacial score (nSPS) is 16.9. The molecule has 1 aromatic carbocycles. The number of hydrogen-bond acceptors (Lipinski definition) is 5. The predicted molar refractivity (Wildman–Crippen MR) is 106 cm³/mol. The third kappa shape index (κ3) is 4.44. The van der Waals surface area contributed by atoms with Crippen LogP contribution in [0.4, 0.5) is 4.79 Å². The minimum absolute atomic E-state index is 0.0525. The number of carbonyl (C=O) groups excluding carboxylic acids is 3. The zero-order valence-corrected chi connectivity index (χ0v) is 17.2. The van der Waals surface area contributed by atoms with Crippen molar-refractivity contribution in [2.75, 3.05) is 34.3 Å². The van der Waals surface area contributed by atoms with Gasteiger partial charge in [0, 0.05) is 6.54 Å². The van der Waals surface area contributed by atoms with Crippen molar-refractivity contribution in [3.8, 4) is 5.75 Å². The molecule has 154 valence electrons. The smallest absolute Gasteiger partial charge is 0.325 e. The van der Waals surface area contributed by atoms with Gasteiger partial charge in [0.1, 0.15) is 17.8 Å². The summed E-state index contributed by atoms with van der Waals surface area (Å²) in [5, 5.41) is 5.57. The lowest BCUT2D eigenvalue weighted by Crippen LogP contribution is -2.47. The second kappa shape index (κ2) is 9.05. The summed E-state index contributed by atoms with van der Waals surface area (Å²) in [7, 11) is 5.46. The Balaban J connectivity index is 1.99. The van der Waals surface area contributed by atoms with Gasteiger partial charge >= 0.3 is 6.03 Å². The summed E-state index contributed by atoms with van der Waals surface area (Å²) in [6.07, 6.45) is 0.985. The quantitative estimate of drug-likeness (QED) is 0.624. The molecule has 0 saturated carbocycles. The number of hydrogen-bond donors (Lipinski definition) is 2. The molecule has 8 nitrogen and oxygen atoms in total. The van der Waals surface area contributed by atoms with E-state index in [0.29, 0.717) is 19.4 Å². The van der Waals surface area contributed by atoms with Crippen LogP contribution in [-0.2, 0) is 9.59 Å². The van der Waals surface area contributed by atoms with E-state index in [-0.39, 0.29) is 24.4 Å². The minimum Gasteiger partial charge on any atom is -0.497 e. The number of benzene rings is 1. The van der Waals surface area contributed by atoms with Gasteiger partial charge in [-0.15, -0.1) is 0 Å². The molecule has 4 amide bonds. The molecule has 1 unspecified atom stereocenters. The molecule has 1 aliphatic heterocycles. The van der Waals surface area contributed by atoms with Crippen molar-refractivity contribution in [2.45, 2.75) is 38.3 Å². The Labute approximate surface area is 166 Å². The van der Waals surface area contributed by atoms with Crippen LogP contribution in [0.15, 0.2) is 24.3 Å². The van der Waals surface area contributed by atoms with E-state index in [2.05, 4.69) is 10.6 Å². The lowest BCUT2D eigenvalue weighted by atomic mass is 9.93. The fourth-order valence-electron chi connectivity index (χ4n) is 3.38. The standard InChI is InChI=1S/C20H30N4O4/c1-6-20(7-2)18(26)24(19(27)22-20)13-17(25)21-12-16(23(3)4)14-8-10-15(28-5)11-9-14/h8-11,16H,6-7,12-13H2,1-5H3,(H,21,25)(H,22,27). The lowest BCUT2D eigenvalue weighted by molar-refractivity contribution is -0.135. The minimum atomic E-state index is -0.896. The first-order valence-electron chi connectivity index (χ1n) is 9.49. The number of ether oxygens (including phenoxy) is 1. The molecule has 1 heterocycles. The Morgan fingerprint density at radius 2 is 1.82 bits per heavy atom. The first-order chi connectivity index (χ1) is 13.3. The molecule has 0 bridgehead atoms. The number of carbonyl (C=O) groups is 3. The predicted octanol–water partition coefficient (Wildman–Crippen LogP) is 1.52. The van der Waals surface area contributed by atoms with Crippen LogP contribution in [0.5, 0.6) is 5.75 Å². The molecule has 8 heteroatoms. The summed E-state index contributed by atoms with van der Waals surface area (Å²) in [4.78, 5) is 40.2. The molecule has 1 aliphatic rings. The van der Waals surface area contributed by atoms with Gasteiger partial charge in [0.05, 0.1) is 13.2 Å². The van der Waals surface area contributed by atoms with Gasteiger partial charge in [-0.3, -0.25) is 14.5 Å². The first kappa shape index (κ1) is 21.7. The number of likely N-dealkylation sites (N-methyl/N-ethyl adjacent to an activating group) is 1. The Morgan fingerprint density at radius 3 is 2.29 bits per heavy atom. The van der Waals surface area contributed by atoms with Crippen LogP contribution in [0.1, 0.15) is 38.3 Å². The molecule has 1 saturated heterocycles. The van der Waals surface area contributed by atoms with Gasteiger partial charge in [0.2, 0.25) is 5.91 Å². The Kier molecular flexibility index (Phi) is 7.01. The highest BCUT2D eigenvalue weighted by Gasteiger charge is 2.49. The maximum atomic E-state index is 12.6. The van der Waals surface area contributed by atoms with Crippen molar-refractivity contribution >= 4 is 17.8 Å². The largest absolute Gasteiger partial charge is 0.497 e. The number of methoxy groups -OCH3 is 1. The number of nitrogens with zero attached hydrogens (tertiary/aromatic N) is 2.